The summed E-state index contributed by atoms with van der Waals surface area (Å²) in [4.78, 5) is 2.68. The van der Waals surface area contributed by atoms with Crippen molar-refractivity contribution >= 4 is 33.3 Å². The molecule has 1 spiro atoms. The first-order chi connectivity index (χ1) is 22.8. The second-order valence-corrected chi connectivity index (χ2v) is 13.8. The summed E-state index contributed by atoms with van der Waals surface area (Å²) >= 11 is 1.93. The van der Waals surface area contributed by atoms with Crippen molar-refractivity contribution in [3.8, 4) is 44.5 Å². The molecule has 8 aromatic carbocycles. The Morgan fingerprint density at radius 3 is 1.59 bits per heavy atom. The summed E-state index contributed by atoms with van der Waals surface area (Å²) in [7, 11) is 0. The monoisotopic (exact) mass is 598 g/mol. The van der Waals surface area contributed by atoms with E-state index in [1.165, 1.54) is 98.1 Å². The van der Waals surface area contributed by atoms with Crippen molar-refractivity contribution in [2.24, 2.45) is 0 Å². The van der Waals surface area contributed by atoms with E-state index in [-0.39, 0.29) is 0 Å². The van der Waals surface area contributed by atoms with Crippen molar-refractivity contribution in [1.29, 1.82) is 0 Å². The minimum Gasteiger partial charge on any atom is -0.0881 e. The van der Waals surface area contributed by atoms with E-state index in [4.69, 9.17) is 0 Å². The highest BCUT2D eigenvalue weighted by atomic mass is 32.2. The number of hydrogen-bond acceptors (Lipinski definition) is 1. The molecule has 1 aliphatic heterocycles. The Morgan fingerprint density at radius 1 is 0.326 bits per heavy atom. The molecule has 1 heteroatoms. The van der Waals surface area contributed by atoms with E-state index in [9.17, 15) is 0 Å². The van der Waals surface area contributed by atoms with E-state index in [1.807, 2.05) is 11.8 Å². The third-order valence-corrected chi connectivity index (χ3v) is 11.9. The van der Waals surface area contributed by atoms with Crippen molar-refractivity contribution < 1.29 is 0 Å². The zero-order valence-electron chi connectivity index (χ0n) is 24.9. The highest BCUT2D eigenvalue weighted by molar-refractivity contribution is 8.00. The van der Waals surface area contributed by atoms with Crippen LogP contribution < -0.4 is 0 Å². The molecular weight excluding hydrogens is 573 g/mol. The van der Waals surface area contributed by atoms with E-state index in [1.54, 1.807) is 0 Å². The molecule has 0 aromatic heterocycles. The van der Waals surface area contributed by atoms with Gasteiger partial charge >= 0.3 is 0 Å². The molecule has 1 unspecified atom stereocenters. The van der Waals surface area contributed by atoms with Gasteiger partial charge < -0.3 is 0 Å². The van der Waals surface area contributed by atoms with E-state index in [0.717, 1.165) is 0 Å². The fourth-order valence-corrected chi connectivity index (χ4v) is 10.3. The second-order valence-electron chi connectivity index (χ2n) is 12.7. The molecule has 0 amide bonds. The Kier molecular flexibility index (Phi) is 4.80. The Hall–Kier alpha value is -5.37. The fraction of sp³-hybridized carbons (Fsp3) is 0.0222. The molecule has 0 fully saturated rings. The molecule has 0 radical (unpaired) electrons. The SMILES string of the molecule is c1ccc2c(c1)Sc1c(-c3cccc4c3C3(c5ccccc5-4)c4ccccc4-c4cccc5cccc3c45)ccc3cccc-2c13. The van der Waals surface area contributed by atoms with Crippen LogP contribution in [0.5, 0.6) is 0 Å². The molecule has 11 rings (SSSR count). The molecule has 1 atom stereocenters. The zero-order valence-corrected chi connectivity index (χ0v) is 25.7. The van der Waals surface area contributed by atoms with Crippen LogP contribution >= 0.6 is 11.8 Å². The average Bonchev–Trinajstić information content (AvgIpc) is 3.42. The average molecular weight is 599 g/mol. The lowest BCUT2D eigenvalue weighted by molar-refractivity contribution is 0.775. The normalized spacial score (nSPS) is 16.3. The molecule has 0 saturated carbocycles. The summed E-state index contributed by atoms with van der Waals surface area (Å²) in [5.41, 5.74) is 15.7. The minimum absolute atomic E-state index is 0.453. The van der Waals surface area contributed by atoms with Crippen LogP contribution in [0.2, 0.25) is 0 Å². The van der Waals surface area contributed by atoms with E-state index in [2.05, 4.69) is 158 Å². The van der Waals surface area contributed by atoms with Gasteiger partial charge in [0.15, 0.2) is 0 Å². The molecule has 0 N–H and O–H groups in total. The van der Waals surface area contributed by atoms with Gasteiger partial charge in [0, 0.05) is 15.2 Å². The predicted molar refractivity (Wildman–Crippen MR) is 193 cm³/mol. The lowest BCUT2D eigenvalue weighted by Gasteiger charge is -2.41. The summed E-state index contributed by atoms with van der Waals surface area (Å²) in [5, 5.41) is 5.32. The lowest BCUT2D eigenvalue weighted by Crippen LogP contribution is -2.32. The van der Waals surface area contributed by atoms with Crippen LogP contribution in [0.3, 0.4) is 0 Å². The highest BCUT2D eigenvalue weighted by Gasteiger charge is 2.51. The Balaban J connectivity index is 1.33. The van der Waals surface area contributed by atoms with Gasteiger partial charge in [-0.15, -0.1) is 0 Å². The Morgan fingerprint density at radius 2 is 0.826 bits per heavy atom. The Bertz CT molecular complexity index is 2620. The molecule has 46 heavy (non-hydrogen) atoms. The van der Waals surface area contributed by atoms with Crippen LogP contribution in [-0.2, 0) is 5.41 Å². The van der Waals surface area contributed by atoms with Crippen LogP contribution in [0.15, 0.2) is 168 Å². The third kappa shape index (κ3) is 2.93. The van der Waals surface area contributed by atoms with Crippen molar-refractivity contribution in [2.75, 3.05) is 0 Å². The molecule has 8 aromatic rings. The molecule has 1 heterocycles. The summed E-state index contributed by atoms with van der Waals surface area (Å²) in [6.45, 7) is 0. The summed E-state index contributed by atoms with van der Waals surface area (Å²) < 4.78 is 0. The van der Waals surface area contributed by atoms with Gasteiger partial charge in [0.25, 0.3) is 0 Å². The van der Waals surface area contributed by atoms with Gasteiger partial charge in [0.2, 0.25) is 0 Å². The van der Waals surface area contributed by atoms with Crippen molar-refractivity contribution in [3.05, 3.63) is 180 Å². The molecule has 2 aliphatic carbocycles. The van der Waals surface area contributed by atoms with Gasteiger partial charge in [0.1, 0.15) is 0 Å². The van der Waals surface area contributed by atoms with Gasteiger partial charge in [-0.25, -0.2) is 0 Å². The van der Waals surface area contributed by atoms with Crippen LogP contribution in [-0.4, -0.2) is 0 Å². The first-order valence-corrected chi connectivity index (χ1v) is 16.8. The topological polar surface area (TPSA) is 0 Å². The van der Waals surface area contributed by atoms with Crippen molar-refractivity contribution in [2.45, 2.75) is 15.2 Å². The first-order valence-electron chi connectivity index (χ1n) is 16.0. The van der Waals surface area contributed by atoms with E-state index in [0.29, 0.717) is 0 Å². The van der Waals surface area contributed by atoms with Gasteiger partial charge in [-0.3, -0.25) is 0 Å². The van der Waals surface area contributed by atoms with E-state index < -0.39 is 5.41 Å². The smallest absolute Gasteiger partial charge is 0.0731 e. The standard InChI is InChI=1S/C45H26S/c1-4-21-37-29(14-1)32-17-7-11-27-13-9-23-39(41(27)32)45(37)38-22-5-2-15-30(38)34-19-10-20-35(43(34)45)36-26-25-28-12-8-18-33-31-16-3-6-24-40(31)46-44(36)42(28)33/h1-26H. The van der Waals surface area contributed by atoms with Crippen LogP contribution in [0, 0.1) is 0 Å². The summed E-state index contributed by atoms with van der Waals surface area (Å²) in [6, 6.07) is 59.5. The van der Waals surface area contributed by atoms with Crippen molar-refractivity contribution in [1.82, 2.24) is 0 Å². The molecule has 0 bridgehead atoms. The lowest BCUT2D eigenvalue weighted by atomic mass is 9.60. The highest BCUT2D eigenvalue weighted by Crippen LogP contribution is 2.64. The largest absolute Gasteiger partial charge is 0.0881 e. The minimum atomic E-state index is -0.453. The van der Waals surface area contributed by atoms with Crippen LogP contribution in [0.1, 0.15) is 22.3 Å². The van der Waals surface area contributed by atoms with Crippen LogP contribution in [0.4, 0.5) is 0 Å². The second kappa shape index (κ2) is 8.88. The summed E-state index contributed by atoms with van der Waals surface area (Å²) in [5.74, 6) is 0. The third-order valence-electron chi connectivity index (χ3n) is 10.7. The maximum Gasteiger partial charge on any atom is 0.0731 e. The number of hydrogen-bond donors (Lipinski definition) is 0. The fourth-order valence-electron chi connectivity index (χ4n) is 8.99. The van der Waals surface area contributed by atoms with Gasteiger partial charge in [-0.2, -0.15) is 0 Å². The number of rotatable bonds is 1. The zero-order chi connectivity index (χ0) is 30.0. The molecular formula is C45H26S. The summed E-state index contributed by atoms with van der Waals surface area (Å²) in [6.07, 6.45) is 0. The quantitative estimate of drug-likeness (QED) is 0.181. The first kappa shape index (κ1) is 24.9. The maximum atomic E-state index is 2.40. The van der Waals surface area contributed by atoms with Crippen LogP contribution in [0.25, 0.3) is 66.1 Å². The van der Waals surface area contributed by atoms with Gasteiger partial charge in [-0.1, -0.05) is 163 Å². The van der Waals surface area contributed by atoms with Gasteiger partial charge in [-0.05, 0) is 89.0 Å². The van der Waals surface area contributed by atoms with E-state index >= 15 is 0 Å². The number of benzene rings is 8. The number of fused-ring (bicyclic) bond motifs is 11. The maximum absolute atomic E-state index is 2.40. The molecule has 3 aliphatic rings. The Labute approximate surface area is 272 Å². The molecule has 212 valence electrons. The van der Waals surface area contributed by atoms with Crippen molar-refractivity contribution in [3.63, 3.8) is 0 Å². The molecule has 0 saturated heterocycles. The van der Waals surface area contributed by atoms with Gasteiger partial charge in [0.05, 0.1) is 5.41 Å². The predicted octanol–water partition coefficient (Wildman–Crippen LogP) is 12.1. The molecule has 0 nitrogen and oxygen atoms in total.